The molecule has 1 atom stereocenters. The molecule has 1 aliphatic carbocycles. The molecule has 3 nitrogen and oxygen atoms in total. The highest BCUT2D eigenvalue weighted by molar-refractivity contribution is 9.09. The summed E-state index contributed by atoms with van der Waals surface area (Å²) < 4.78 is 2.43. The van der Waals surface area contributed by atoms with Crippen LogP contribution in [-0.4, -0.2) is 20.7 Å². The van der Waals surface area contributed by atoms with Crippen LogP contribution in [0.2, 0.25) is 5.02 Å². The molecule has 3 aromatic rings. The summed E-state index contributed by atoms with van der Waals surface area (Å²) in [5.41, 5.74) is 4.72. The summed E-state index contributed by atoms with van der Waals surface area (Å²) in [6.45, 7) is 4.94. The predicted molar refractivity (Wildman–Crippen MR) is 128 cm³/mol. The second kappa shape index (κ2) is 8.84. The molecule has 1 saturated carbocycles. The molecule has 1 aromatic carbocycles. The molecule has 0 bridgehead atoms. The van der Waals surface area contributed by atoms with Crippen LogP contribution >= 0.6 is 27.5 Å². The molecule has 0 amide bonds. The monoisotopic (exact) mass is 486 g/mol. The van der Waals surface area contributed by atoms with Gasteiger partial charge in [-0.05, 0) is 86.4 Å². The highest BCUT2D eigenvalue weighted by atomic mass is 79.9. The third kappa shape index (κ3) is 3.97. The molecular weight excluding hydrogens is 460 g/mol. The molecule has 5 heteroatoms. The largest absolute Gasteiger partial charge is 0.345 e. The van der Waals surface area contributed by atoms with Gasteiger partial charge < -0.3 is 4.57 Å². The number of nitrogens with zero attached hydrogens (tertiary/aromatic N) is 2. The van der Waals surface area contributed by atoms with Gasteiger partial charge in [-0.25, -0.2) is 0 Å². The van der Waals surface area contributed by atoms with Crippen LogP contribution < -0.4 is 0 Å². The number of carbonyl (C=O) groups excluding carboxylic acids is 1. The Kier molecular flexibility index (Phi) is 6.36. The number of carbonyl (C=O) groups is 1. The van der Waals surface area contributed by atoms with Crippen molar-refractivity contribution in [2.24, 2.45) is 0 Å². The fourth-order valence-corrected chi connectivity index (χ4v) is 5.21. The number of pyridine rings is 1. The molecule has 30 heavy (non-hydrogen) atoms. The fraction of sp³-hybridized carbons (Fsp3) is 0.440. The summed E-state index contributed by atoms with van der Waals surface area (Å²) in [5.74, 6) is 0.610. The summed E-state index contributed by atoms with van der Waals surface area (Å²) in [4.78, 5) is 16.9. The van der Waals surface area contributed by atoms with Gasteiger partial charge >= 0.3 is 0 Å². The molecule has 1 aliphatic rings. The van der Waals surface area contributed by atoms with Crippen LogP contribution in [0.3, 0.4) is 0 Å². The van der Waals surface area contributed by atoms with Gasteiger partial charge in [-0.2, -0.15) is 0 Å². The normalized spacial score (nSPS) is 16.0. The van der Waals surface area contributed by atoms with Crippen LogP contribution in [-0.2, 0) is 23.2 Å². The number of aryl methyl sites for hydroxylation is 1. The van der Waals surface area contributed by atoms with E-state index in [-0.39, 0.29) is 11.2 Å². The number of rotatable bonds is 9. The van der Waals surface area contributed by atoms with Crippen molar-refractivity contribution < 1.29 is 4.79 Å². The van der Waals surface area contributed by atoms with E-state index < -0.39 is 0 Å². The van der Waals surface area contributed by atoms with Crippen molar-refractivity contribution >= 4 is 44.2 Å². The fourth-order valence-electron chi connectivity index (χ4n) is 4.78. The van der Waals surface area contributed by atoms with Crippen molar-refractivity contribution in [3.8, 4) is 0 Å². The Labute approximate surface area is 192 Å². The molecule has 158 valence electrons. The zero-order valence-corrected chi connectivity index (χ0v) is 20.0. The third-order valence-corrected chi connectivity index (χ3v) is 7.44. The van der Waals surface area contributed by atoms with E-state index in [1.54, 1.807) is 6.92 Å². The highest BCUT2D eigenvalue weighted by Crippen LogP contribution is 2.51. The van der Waals surface area contributed by atoms with Crippen molar-refractivity contribution in [1.82, 2.24) is 9.55 Å². The average Bonchev–Trinajstić information content (AvgIpc) is 3.49. The number of Topliss-reactive ketones (excluding diaryl/α,β-unsaturated/α-hetero) is 1. The van der Waals surface area contributed by atoms with Crippen LogP contribution in [0.1, 0.15) is 62.3 Å². The molecule has 1 fully saturated rings. The minimum absolute atomic E-state index is 0.276. The number of hydrogen-bond donors (Lipinski definition) is 0. The number of benzene rings is 1. The van der Waals surface area contributed by atoms with E-state index in [9.17, 15) is 4.79 Å². The summed E-state index contributed by atoms with van der Waals surface area (Å²) in [6.07, 6.45) is 8.75. The molecule has 0 spiro atoms. The summed E-state index contributed by atoms with van der Waals surface area (Å²) in [7, 11) is 0. The molecule has 0 N–H and O–H groups in total. The second-order valence-electron chi connectivity index (χ2n) is 8.44. The lowest BCUT2D eigenvalue weighted by Gasteiger charge is -2.23. The topological polar surface area (TPSA) is 34.9 Å². The van der Waals surface area contributed by atoms with Crippen molar-refractivity contribution in [3.63, 3.8) is 0 Å². The maximum atomic E-state index is 12.4. The van der Waals surface area contributed by atoms with Gasteiger partial charge in [-0.15, -0.1) is 0 Å². The van der Waals surface area contributed by atoms with Crippen LogP contribution in [0.4, 0.5) is 0 Å². The predicted octanol–water partition coefficient (Wildman–Crippen LogP) is 6.83. The zero-order valence-electron chi connectivity index (χ0n) is 17.6. The smallest absolute Gasteiger partial charge is 0.140 e. The Morgan fingerprint density at radius 3 is 2.77 bits per heavy atom. The number of ketones is 1. The van der Waals surface area contributed by atoms with Gasteiger partial charge in [0.1, 0.15) is 5.78 Å². The molecule has 0 radical (unpaired) electrons. The first-order valence-electron chi connectivity index (χ1n) is 10.8. The Hall–Kier alpha value is -1.65. The van der Waals surface area contributed by atoms with Crippen molar-refractivity contribution in [3.05, 3.63) is 64.6 Å². The van der Waals surface area contributed by atoms with E-state index >= 15 is 0 Å². The minimum Gasteiger partial charge on any atom is -0.345 e. The first-order valence-corrected chi connectivity index (χ1v) is 12.3. The second-order valence-corrected chi connectivity index (χ2v) is 9.67. The number of fused-ring (bicyclic) bond motifs is 1. The van der Waals surface area contributed by atoms with Crippen LogP contribution in [0.5, 0.6) is 0 Å². The zero-order chi connectivity index (χ0) is 21.3. The standard InChI is InChI=1S/C25H28BrClN2O/c1-3-18(22-16-28-11-7-23(22)25(8-9-25)17(2)30)14-21-15-19-13-20(27)5-6-24(19)29(21)12-4-10-26/h5-7,11,13,15-16,18H,3-4,8-10,12,14H2,1-2H3. The van der Waals surface area contributed by atoms with Gasteiger partial charge in [0.25, 0.3) is 0 Å². The van der Waals surface area contributed by atoms with E-state index in [1.165, 1.54) is 27.7 Å². The van der Waals surface area contributed by atoms with E-state index in [0.717, 1.165) is 49.0 Å². The summed E-state index contributed by atoms with van der Waals surface area (Å²) >= 11 is 9.84. The lowest BCUT2D eigenvalue weighted by molar-refractivity contribution is -0.119. The van der Waals surface area contributed by atoms with Crippen molar-refractivity contribution in [1.29, 1.82) is 0 Å². The lowest BCUT2D eigenvalue weighted by atomic mass is 9.82. The SMILES string of the molecule is CCC(Cc1cc2cc(Cl)ccc2n1CCCBr)c1cnccc1C1(C(C)=O)CC1. The van der Waals surface area contributed by atoms with Crippen molar-refractivity contribution in [2.45, 2.75) is 63.8 Å². The summed E-state index contributed by atoms with van der Waals surface area (Å²) in [6, 6.07) is 10.5. The number of halogens is 2. The molecule has 1 unspecified atom stereocenters. The van der Waals surface area contributed by atoms with Gasteiger partial charge in [-0.1, -0.05) is 34.5 Å². The van der Waals surface area contributed by atoms with Gasteiger partial charge in [0, 0.05) is 45.9 Å². The average molecular weight is 488 g/mol. The molecule has 4 rings (SSSR count). The maximum absolute atomic E-state index is 12.4. The maximum Gasteiger partial charge on any atom is 0.140 e. The van der Waals surface area contributed by atoms with Gasteiger partial charge in [0.05, 0.1) is 5.41 Å². The van der Waals surface area contributed by atoms with Crippen molar-refractivity contribution in [2.75, 3.05) is 5.33 Å². The number of alkyl halides is 1. The van der Waals surface area contributed by atoms with Crippen LogP contribution in [0.25, 0.3) is 10.9 Å². The molecule has 0 saturated heterocycles. The molecular formula is C25H28BrClN2O. The van der Waals surface area contributed by atoms with Gasteiger partial charge in [0.15, 0.2) is 0 Å². The van der Waals surface area contributed by atoms with E-state index in [2.05, 4.69) is 56.7 Å². The molecule has 0 aliphatic heterocycles. The quantitative estimate of drug-likeness (QED) is 0.310. The van der Waals surface area contributed by atoms with Crippen LogP contribution in [0.15, 0.2) is 42.7 Å². The highest BCUT2D eigenvalue weighted by Gasteiger charge is 2.50. The lowest BCUT2D eigenvalue weighted by Crippen LogP contribution is -2.21. The first-order chi connectivity index (χ1) is 14.5. The molecule has 2 aromatic heterocycles. The van der Waals surface area contributed by atoms with Gasteiger partial charge in [-0.3, -0.25) is 9.78 Å². The minimum atomic E-state index is -0.276. The Balaban J connectivity index is 1.74. The Bertz CT molecular complexity index is 1070. The van der Waals surface area contributed by atoms with E-state index in [0.29, 0.717) is 5.92 Å². The molecule has 2 heterocycles. The third-order valence-electron chi connectivity index (χ3n) is 6.64. The summed E-state index contributed by atoms with van der Waals surface area (Å²) in [5, 5.41) is 2.94. The number of hydrogen-bond acceptors (Lipinski definition) is 2. The number of aromatic nitrogens is 2. The first kappa shape index (κ1) is 21.6. The van der Waals surface area contributed by atoms with Crippen LogP contribution in [0, 0.1) is 0 Å². The Morgan fingerprint density at radius 1 is 1.30 bits per heavy atom. The Morgan fingerprint density at radius 2 is 2.10 bits per heavy atom. The van der Waals surface area contributed by atoms with E-state index in [1.807, 2.05) is 18.5 Å². The van der Waals surface area contributed by atoms with Gasteiger partial charge in [0.2, 0.25) is 0 Å². The van der Waals surface area contributed by atoms with E-state index in [4.69, 9.17) is 11.6 Å².